The summed E-state index contributed by atoms with van der Waals surface area (Å²) in [7, 11) is 3.47. The van der Waals surface area contributed by atoms with Gasteiger partial charge in [0.15, 0.2) is 11.5 Å². The molecule has 1 aliphatic rings. The summed E-state index contributed by atoms with van der Waals surface area (Å²) < 4.78 is 15.9. The lowest BCUT2D eigenvalue weighted by Crippen LogP contribution is -2.30. The Hall–Kier alpha value is -2.44. The van der Waals surface area contributed by atoms with E-state index in [1.165, 1.54) is 0 Å². The number of rotatable bonds is 6. The summed E-state index contributed by atoms with van der Waals surface area (Å²) in [6.45, 7) is 0.972. The van der Waals surface area contributed by atoms with Gasteiger partial charge in [-0.1, -0.05) is 11.6 Å². The molecular weight excluding hydrogens is 344 g/mol. The van der Waals surface area contributed by atoms with Crippen LogP contribution >= 0.6 is 11.6 Å². The summed E-state index contributed by atoms with van der Waals surface area (Å²) in [5.74, 6) is 1.94. The Morgan fingerprint density at radius 3 is 2.84 bits per heavy atom. The summed E-state index contributed by atoms with van der Waals surface area (Å²) in [5.41, 5.74) is 1.59. The molecule has 0 bridgehead atoms. The molecule has 2 aromatic rings. The second-order valence-corrected chi connectivity index (χ2v) is 6.18. The number of likely N-dealkylation sites (N-methyl/N-ethyl adjacent to an activating group) is 1. The van der Waals surface area contributed by atoms with E-state index < -0.39 is 0 Å². The second kappa shape index (κ2) is 7.63. The summed E-state index contributed by atoms with van der Waals surface area (Å²) >= 11 is 6.04. The molecule has 1 aliphatic heterocycles. The van der Waals surface area contributed by atoms with E-state index in [0.29, 0.717) is 28.8 Å². The Morgan fingerprint density at radius 2 is 2.04 bits per heavy atom. The molecule has 0 aromatic heterocycles. The molecular formula is C18H19ClN2O4. The fraction of sp³-hybridized carbons (Fsp3) is 0.278. The molecule has 2 aromatic carbocycles. The fourth-order valence-corrected chi connectivity index (χ4v) is 2.83. The van der Waals surface area contributed by atoms with Crippen molar-refractivity contribution in [1.29, 1.82) is 0 Å². The zero-order valence-electron chi connectivity index (χ0n) is 14.0. The van der Waals surface area contributed by atoms with Crippen molar-refractivity contribution in [3.63, 3.8) is 0 Å². The van der Waals surface area contributed by atoms with Gasteiger partial charge in [0.1, 0.15) is 5.75 Å². The first-order valence-corrected chi connectivity index (χ1v) is 8.13. The third kappa shape index (κ3) is 4.35. The van der Waals surface area contributed by atoms with Gasteiger partial charge >= 0.3 is 0 Å². The first-order chi connectivity index (χ1) is 12.0. The maximum absolute atomic E-state index is 12.3. The predicted octanol–water partition coefficient (Wildman–Crippen LogP) is 3.15. The lowest BCUT2D eigenvalue weighted by Gasteiger charge is -2.18. The molecule has 1 heterocycles. The van der Waals surface area contributed by atoms with Crippen molar-refractivity contribution >= 4 is 23.2 Å². The van der Waals surface area contributed by atoms with Crippen LogP contribution < -0.4 is 19.5 Å². The average molecular weight is 363 g/mol. The van der Waals surface area contributed by atoms with Crippen LogP contribution in [-0.2, 0) is 11.3 Å². The summed E-state index contributed by atoms with van der Waals surface area (Å²) in [4.78, 5) is 14.1. The third-order valence-electron chi connectivity index (χ3n) is 3.75. The van der Waals surface area contributed by atoms with E-state index in [1.54, 1.807) is 31.4 Å². The molecule has 7 heteroatoms. The maximum Gasteiger partial charge on any atom is 0.238 e. The van der Waals surface area contributed by atoms with Crippen molar-refractivity contribution in [3.8, 4) is 17.2 Å². The summed E-state index contributed by atoms with van der Waals surface area (Å²) in [6.07, 6.45) is 0. The molecule has 132 valence electrons. The SMILES string of the molecule is COc1ccc(Cl)cc1CN(C)CC(=O)Nc1ccc2c(c1)OCO2. The van der Waals surface area contributed by atoms with Gasteiger partial charge in [-0.3, -0.25) is 9.69 Å². The molecule has 0 unspecified atom stereocenters. The number of carbonyl (C=O) groups is 1. The highest BCUT2D eigenvalue weighted by molar-refractivity contribution is 6.30. The highest BCUT2D eigenvalue weighted by atomic mass is 35.5. The third-order valence-corrected chi connectivity index (χ3v) is 3.99. The van der Waals surface area contributed by atoms with Crippen LogP contribution in [0.3, 0.4) is 0 Å². The minimum absolute atomic E-state index is 0.123. The molecule has 3 rings (SSSR count). The van der Waals surface area contributed by atoms with Gasteiger partial charge in [0, 0.05) is 28.9 Å². The molecule has 0 fully saturated rings. The van der Waals surface area contributed by atoms with Gasteiger partial charge in [0.2, 0.25) is 12.7 Å². The minimum Gasteiger partial charge on any atom is -0.496 e. The zero-order chi connectivity index (χ0) is 17.8. The average Bonchev–Trinajstić information content (AvgIpc) is 3.02. The van der Waals surface area contributed by atoms with E-state index in [-0.39, 0.29) is 19.2 Å². The number of amides is 1. The van der Waals surface area contributed by atoms with Crippen LogP contribution in [0.2, 0.25) is 5.02 Å². The Balaban J connectivity index is 1.58. The molecule has 0 radical (unpaired) electrons. The van der Waals surface area contributed by atoms with Crippen LogP contribution in [0, 0.1) is 0 Å². The molecule has 0 atom stereocenters. The van der Waals surface area contributed by atoms with Crippen LogP contribution in [0.4, 0.5) is 5.69 Å². The number of nitrogens with one attached hydrogen (secondary N) is 1. The van der Waals surface area contributed by atoms with E-state index in [0.717, 1.165) is 11.3 Å². The number of carbonyl (C=O) groups excluding carboxylic acids is 1. The van der Waals surface area contributed by atoms with E-state index in [1.807, 2.05) is 24.1 Å². The van der Waals surface area contributed by atoms with Crippen LogP contribution in [0.15, 0.2) is 36.4 Å². The Labute approximate surface area is 151 Å². The summed E-state index contributed by atoms with van der Waals surface area (Å²) in [6, 6.07) is 10.7. The molecule has 1 N–H and O–H groups in total. The van der Waals surface area contributed by atoms with Gasteiger partial charge in [-0.15, -0.1) is 0 Å². The van der Waals surface area contributed by atoms with Crippen molar-refractivity contribution in [2.75, 3.05) is 32.8 Å². The van der Waals surface area contributed by atoms with Gasteiger partial charge in [-0.05, 0) is 37.4 Å². The highest BCUT2D eigenvalue weighted by Crippen LogP contribution is 2.34. The number of anilines is 1. The topological polar surface area (TPSA) is 60.0 Å². The van der Waals surface area contributed by atoms with Crippen molar-refractivity contribution in [3.05, 3.63) is 47.0 Å². The highest BCUT2D eigenvalue weighted by Gasteiger charge is 2.15. The van der Waals surface area contributed by atoms with E-state index in [4.69, 9.17) is 25.8 Å². The molecule has 1 amide bonds. The number of methoxy groups -OCH3 is 1. The Bertz CT molecular complexity index is 782. The lowest BCUT2D eigenvalue weighted by atomic mass is 10.2. The van der Waals surface area contributed by atoms with Crippen LogP contribution in [0.5, 0.6) is 17.2 Å². The standard InChI is InChI=1S/C18H19ClN2O4/c1-21(9-12-7-13(19)3-5-15(12)23-2)10-18(22)20-14-4-6-16-17(8-14)25-11-24-16/h3-8H,9-11H2,1-2H3,(H,20,22). The van der Waals surface area contributed by atoms with Gasteiger partial charge in [0.05, 0.1) is 13.7 Å². The van der Waals surface area contributed by atoms with Crippen molar-refractivity contribution in [1.82, 2.24) is 4.90 Å². The number of halogens is 1. The second-order valence-electron chi connectivity index (χ2n) is 5.74. The van der Waals surface area contributed by atoms with Crippen LogP contribution in [0.25, 0.3) is 0 Å². The largest absolute Gasteiger partial charge is 0.496 e. The normalized spacial score (nSPS) is 12.3. The van der Waals surface area contributed by atoms with Crippen LogP contribution in [0.1, 0.15) is 5.56 Å². The molecule has 25 heavy (non-hydrogen) atoms. The number of benzene rings is 2. The van der Waals surface area contributed by atoms with Crippen LogP contribution in [-0.4, -0.2) is 38.3 Å². The van der Waals surface area contributed by atoms with Gasteiger partial charge in [-0.25, -0.2) is 0 Å². The van der Waals surface area contributed by atoms with Gasteiger partial charge in [0.25, 0.3) is 0 Å². The zero-order valence-corrected chi connectivity index (χ0v) is 14.8. The molecule has 0 aliphatic carbocycles. The first kappa shape index (κ1) is 17.4. The fourth-order valence-electron chi connectivity index (χ4n) is 2.64. The number of ether oxygens (including phenoxy) is 3. The smallest absolute Gasteiger partial charge is 0.238 e. The number of hydrogen-bond donors (Lipinski definition) is 1. The van der Waals surface area contributed by atoms with Crippen molar-refractivity contribution in [2.24, 2.45) is 0 Å². The summed E-state index contributed by atoms with van der Waals surface area (Å²) in [5, 5.41) is 3.49. The maximum atomic E-state index is 12.3. The lowest BCUT2D eigenvalue weighted by molar-refractivity contribution is -0.117. The number of fused-ring (bicyclic) bond motifs is 1. The quantitative estimate of drug-likeness (QED) is 0.855. The van der Waals surface area contributed by atoms with Gasteiger partial charge in [-0.2, -0.15) is 0 Å². The molecule has 6 nitrogen and oxygen atoms in total. The van der Waals surface area contributed by atoms with Gasteiger partial charge < -0.3 is 19.5 Å². The van der Waals surface area contributed by atoms with E-state index >= 15 is 0 Å². The molecule has 0 spiro atoms. The Kier molecular flexibility index (Phi) is 5.31. The van der Waals surface area contributed by atoms with Crippen molar-refractivity contribution in [2.45, 2.75) is 6.54 Å². The Morgan fingerprint density at radius 1 is 1.24 bits per heavy atom. The minimum atomic E-state index is -0.123. The number of hydrogen-bond acceptors (Lipinski definition) is 5. The predicted molar refractivity (Wildman–Crippen MR) is 95.5 cm³/mol. The first-order valence-electron chi connectivity index (χ1n) is 7.75. The van der Waals surface area contributed by atoms with E-state index in [9.17, 15) is 4.79 Å². The van der Waals surface area contributed by atoms with Crippen molar-refractivity contribution < 1.29 is 19.0 Å². The molecule has 0 saturated carbocycles. The monoisotopic (exact) mass is 362 g/mol. The molecule has 0 saturated heterocycles. The van der Waals surface area contributed by atoms with E-state index in [2.05, 4.69) is 5.32 Å². The number of nitrogens with zero attached hydrogens (tertiary/aromatic N) is 1.